The van der Waals surface area contributed by atoms with E-state index in [0.29, 0.717) is 5.78 Å². The molecule has 4 aromatic heterocycles. The van der Waals surface area contributed by atoms with Gasteiger partial charge in [-0.2, -0.15) is 0 Å². The molecule has 8 aliphatic heterocycles. The monoisotopic (exact) mass is 1780 g/mol. The molecule has 134 heavy (non-hydrogen) atoms. The zero-order chi connectivity index (χ0) is 87.7. The Balaban J connectivity index is 0.0000000871. The van der Waals surface area contributed by atoms with Gasteiger partial charge in [-0.15, -0.1) is 18.3 Å². The highest BCUT2D eigenvalue weighted by Gasteiger charge is 2.74. The first-order chi connectivity index (χ1) is 66.5. The average molecular weight is 1780 g/mol. The molecule has 622 valence electrons. The predicted octanol–water partition coefficient (Wildman–Crippen LogP) is 23.9. The number of para-hydroxylation sites is 3. The maximum absolute atomic E-state index is 2.71. The molecule has 4 atom stereocenters. The van der Waals surface area contributed by atoms with E-state index in [1.165, 1.54) is 217 Å². The number of benzene rings is 20. The topological polar surface area (TPSA) is 15.5 Å². The third kappa shape index (κ3) is 10.1. The van der Waals surface area contributed by atoms with Gasteiger partial charge in [-0.1, -0.05) is 273 Å². The number of pyridine rings is 4. The number of fused-ring (bicyclic) bond motifs is 16. The van der Waals surface area contributed by atoms with Crippen LogP contribution in [0, 0.1) is 0 Å². The molecule has 0 saturated heterocycles. The zero-order valence-corrected chi connectivity index (χ0v) is 76.8. The summed E-state index contributed by atoms with van der Waals surface area (Å²) in [5, 5.41) is 35.2. The van der Waals surface area contributed by atoms with Gasteiger partial charge in [0.1, 0.15) is 42.4 Å². The van der Waals surface area contributed by atoms with E-state index in [-0.39, 0.29) is 17.3 Å². The summed E-state index contributed by atoms with van der Waals surface area (Å²) in [6, 6.07) is 187. The van der Waals surface area contributed by atoms with Crippen LogP contribution in [0.2, 0.25) is 0 Å². The van der Waals surface area contributed by atoms with Crippen molar-refractivity contribution in [2.45, 2.75) is 23.1 Å². The fraction of sp³-hybridized carbons (Fsp3) is 0.0317. The Morgan fingerprint density at radius 1 is 0.157 bits per heavy atom. The van der Waals surface area contributed by atoms with Crippen molar-refractivity contribution >= 4 is 190 Å². The second-order valence-corrected chi connectivity index (χ2v) is 50.7. The van der Waals surface area contributed by atoms with Crippen molar-refractivity contribution in [3.63, 3.8) is 0 Å². The molecule has 0 saturated carbocycles. The smallest absolute Gasteiger partial charge is 0.146 e. The van der Waals surface area contributed by atoms with Gasteiger partial charge in [0.15, 0.2) is 50.3 Å². The molecule has 0 radical (unpaired) electrons. The van der Waals surface area contributed by atoms with Crippen LogP contribution in [-0.2, 0) is 0 Å². The van der Waals surface area contributed by atoms with Crippen molar-refractivity contribution < 1.29 is 18.3 Å². The van der Waals surface area contributed by atoms with Crippen molar-refractivity contribution in [2.24, 2.45) is 0 Å². The molecule has 8 heteroatoms. The third-order valence-corrected chi connectivity index (χ3v) is 49.2. The minimum absolute atomic E-state index is 0.271. The van der Waals surface area contributed by atoms with Crippen molar-refractivity contribution in [3.05, 3.63) is 520 Å². The summed E-state index contributed by atoms with van der Waals surface area (Å²) in [6.45, 7) is 0. The van der Waals surface area contributed by atoms with Gasteiger partial charge in [-0.25, -0.2) is 0 Å². The van der Waals surface area contributed by atoms with E-state index in [4.69, 9.17) is 0 Å². The van der Waals surface area contributed by atoms with E-state index in [2.05, 4.69) is 516 Å². The quantitative estimate of drug-likeness (QED) is 0.0624. The van der Waals surface area contributed by atoms with Crippen LogP contribution < -0.4 is 81.9 Å². The van der Waals surface area contributed by atoms with E-state index in [0.717, 1.165) is 0 Å². The standard InChI is InChI=1S/3C32H22NP.C30H20NP/c1-3-12-22(13-4-1)34(23-14-5-2-6-15-23)29-21-11-20-26-24-16-7-8-17-25(24)30-27-18-9-10-19-28(27)32(34)33(30)31(26)29;1-3-12-23(13-4-1)34(24-14-5-2-6-15-24)30-21-22-11-7-8-16-25(22)27-19-20-29-26-17-9-10-18-28(26)32(34)33(29)31(27)30;1-3-13-25(14-4-1)34(26-15-5-2-6-16-26)30-17-9-12-22-18-19-29-27-20-23-10-7-8-11-24(23)21-28(27)32(34)33(29)31(22)30;1-3-11-23(12-4-1)32(24-13-5-2-6-14-24)26-16-8-10-21-19-22-18-17-20-9-7-15-25-27(20)29(22)31(28(21)26)30(25)32/h3*1-21,32H;1-19,30H/q4*+2. The van der Waals surface area contributed by atoms with Crippen molar-refractivity contribution in [1.29, 1.82) is 0 Å². The number of rotatable bonds is 8. The SMILES string of the molecule is c1ccc([P+]2(c3ccccc3)c3cc4ccccc4c4ccc5[n+](c34)C2c2ccccc2-5)cc1.c1ccc([P+]2(c3ccccc3)c3cccc4c5ccccc5c5[n+](c34)C2c2ccccc2-5)cc1.c1ccc([P+]2(c3ccccc3)c3cccc4cc5ccc6cccc7c6c5[n+](c34)C72)cc1.c1ccc([P+]2(c3ccccc3)c3cccc4ccc5[n+](c34)C2c2cc3ccccc3cc2-5)cc1. The fourth-order valence-corrected chi connectivity index (χ4v) is 46.3. The van der Waals surface area contributed by atoms with Gasteiger partial charge >= 0.3 is 0 Å². The largest absolute Gasteiger partial charge is 0.298 e. The lowest BCUT2D eigenvalue weighted by Crippen LogP contribution is -2.40. The minimum Gasteiger partial charge on any atom is -0.146 e. The first kappa shape index (κ1) is 76.7. The summed E-state index contributed by atoms with van der Waals surface area (Å²) in [7, 11) is -8.06. The van der Waals surface area contributed by atoms with E-state index < -0.39 is 29.0 Å². The normalized spacial score (nSPS) is 16.9. The van der Waals surface area contributed by atoms with Crippen LogP contribution in [0.3, 0.4) is 0 Å². The summed E-state index contributed by atoms with van der Waals surface area (Å²) >= 11 is 0. The Morgan fingerprint density at radius 3 is 1.06 bits per heavy atom. The van der Waals surface area contributed by atoms with Crippen molar-refractivity contribution in [3.8, 4) is 33.8 Å². The van der Waals surface area contributed by atoms with Gasteiger partial charge in [0.25, 0.3) is 45.2 Å². The lowest BCUT2D eigenvalue weighted by Gasteiger charge is -2.24. The first-order valence-electron chi connectivity index (χ1n) is 46.9. The Morgan fingerprint density at radius 2 is 0.493 bits per heavy atom. The van der Waals surface area contributed by atoms with Gasteiger partial charge < -0.3 is 0 Å². The Labute approximate surface area is 779 Å². The highest BCUT2D eigenvalue weighted by Crippen LogP contribution is 2.76. The van der Waals surface area contributed by atoms with E-state index in [1.807, 2.05) is 0 Å². The van der Waals surface area contributed by atoms with Gasteiger partial charge in [-0.3, -0.25) is 0 Å². The van der Waals surface area contributed by atoms with Crippen LogP contribution in [0.15, 0.2) is 497 Å². The number of nitrogens with zero attached hydrogens (tertiary/aromatic N) is 4. The van der Waals surface area contributed by atoms with Gasteiger partial charge in [-0.05, 0) is 239 Å². The van der Waals surface area contributed by atoms with Crippen LogP contribution in [0.5, 0.6) is 0 Å². The highest BCUT2D eigenvalue weighted by molar-refractivity contribution is 7.98. The Hall–Kier alpha value is -14.9. The minimum atomic E-state index is -2.04. The van der Waals surface area contributed by atoms with E-state index in [9.17, 15) is 0 Å². The van der Waals surface area contributed by atoms with Crippen LogP contribution in [-0.4, -0.2) is 0 Å². The second-order valence-electron chi connectivity index (χ2n) is 36.9. The molecule has 0 bridgehead atoms. The molecule has 24 aromatic rings. The number of hydrogen-bond acceptors (Lipinski definition) is 0. The molecule has 8 aliphatic rings. The second kappa shape index (κ2) is 29.3. The van der Waals surface area contributed by atoms with Crippen LogP contribution in [0.25, 0.3) is 131 Å². The maximum Gasteiger partial charge on any atom is 0.298 e. The Bertz CT molecular complexity index is 8950. The van der Waals surface area contributed by atoms with E-state index in [1.54, 1.807) is 0 Å². The molecule has 4 unspecified atom stereocenters. The highest BCUT2D eigenvalue weighted by atomic mass is 31.2. The lowest BCUT2D eigenvalue weighted by molar-refractivity contribution is -0.647. The molecule has 20 aromatic carbocycles. The molecule has 32 rings (SSSR count). The Kier molecular flexibility index (Phi) is 16.8. The average Bonchev–Trinajstić information content (AvgIpc) is 1.51. The molecule has 0 amide bonds. The molecule has 0 aliphatic carbocycles. The maximum atomic E-state index is 2.71. The molecule has 0 fully saturated rings. The summed E-state index contributed by atoms with van der Waals surface area (Å²) in [4.78, 5) is 0. The molecule has 4 nitrogen and oxygen atoms in total. The van der Waals surface area contributed by atoms with Gasteiger partial charge in [0, 0.05) is 22.9 Å². The fourth-order valence-electron chi connectivity index (χ4n) is 26.0. The lowest BCUT2D eigenvalue weighted by atomic mass is 10.00. The summed E-state index contributed by atoms with van der Waals surface area (Å²) < 4.78 is 10.8. The predicted molar refractivity (Wildman–Crippen MR) is 568 cm³/mol. The van der Waals surface area contributed by atoms with Crippen LogP contribution in [0.4, 0.5) is 0 Å². The molecular weight excluding hydrogens is 1690 g/mol. The van der Waals surface area contributed by atoms with Gasteiger partial charge in [0.2, 0.25) is 22.6 Å². The first-order valence-corrected chi connectivity index (χ1v) is 54.3. The van der Waals surface area contributed by atoms with Crippen LogP contribution in [0.1, 0.15) is 45.4 Å². The molecule has 0 spiro atoms. The number of hydrogen-bond donors (Lipinski definition) is 0. The third-order valence-electron chi connectivity index (χ3n) is 30.8. The summed E-state index contributed by atoms with van der Waals surface area (Å²) in [6.07, 6.45) is 0. The van der Waals surface area contributed by atoms with Crippen molar-refractivity contribution in [2.75, 3.05) is 0 Å². The van der Waals surface area contributed by atoms with Crippen molar-refractivity contribution in [1.82, 2.24) is 0 Å². The van der Waals surface area contributed by atoms with Crippen LogP contribution >= 0.6 is 29.0 Å². The summed E-state index contributed by atoms with van der Waals surface area (Å²) in [5.41, 5.74) is 21.2. The summed E-state index contributed by atoms with van der Waals surface area (Å²) in [5.74, 6) is 1.12. The molecule has 0 N–H and O–H groups in total. The zero-order valence-electron chi connectivity index (χ0n) is 73.2. The van der Waals surface area contributed by atoms with Gasteiger partial charge in [0.05, 0.1) is 71.3 Å². The number of aromatic nitrogens is 4. The van der Waals surface area contributed by atoms with E-state index >= 15 is 0 Å². The molecule has 12 heterocycles. The molecular formula is C126H86N4P4+8.